The first kappa shape index (κ1) is 17.3. The average Bonchev–Trinajstić information content (AvgIpc) is 3.26. The fourth-order valence-electron chi connectivity index (χ4n) is 3.85. The van der Waals surface area contributed by atoms with Gasteiger partial charge in [-0.1, -0.05) is 12.1 Å². The predicted octanol–water partition coefficient (Wildman–Crippen LogP) is 3.77. The quantitative estimate of drug-likeness (QED) is 0.742. The van der Waals surface area contributed by atoms with Crippen LogP contribution in [0.25, 0.3) is 11.0 Å². The van der Waals surface area contributed by atoms with Gasteiger partial charge in [0.05, 0.1) is 23.9 Å². The molecule has 0 atom stereocenters. The van der Waals surface area contributed by atoms with E-state index in [0.717, 1.165) is 34.9 Å². The molecule has 2 N–H and O–H groups in total. The number of anilines is 1. The smallest absolute Gasteiger partial charge is 0.253 e. The molecule has 138 valence electrons. The molecular formula is C22H22N2O3. The van der Waals surface area contributed by atoms with Gasteiger partial charge in [0.15, 0.2) is 0 Å². The van der Waals surface area contributed by atoms with Crippen LogP contribution in [0.2, 0.25) is 0 Å². The standard InChI is InChI=1S/C22H22N2O3/c1-13-5-3-8-18(21(13)22(26)23-2)24-20(25)11-16-12-27-19-10-15-7-4-6-14(15)9-17(16)19/h3,5,8-10,12H,4,6-7,11H2,1-2H3,(H,23,26)(H,24,25). The van der Waals surface area contributed by atoms with E-state index in [4.69, 9.17) is 4.42 Å². The van der Waals surface area contributed by atoms with Crippen molar-refractivity contribution in [3.63, 3.8) is 0 Å². The molecule has 1 aliphatic carbocycles. The van der Waals surface area contributed by atoms with Crippen LogP contribution in [0.15, 0.2) is 41.0 Å². The zero-order chi connectivity index (χ0) is 19.0. The molecular weight excluding hydrogens is 340 g/mol. The molecule has 2 aromatic carbocycles. The molecule has 2 amide bonds. The number of carbonyl (C=O) groups is 2. The van der Waals surface area contributed by atoms with Gasteiger partial charge >= 0.3 is 0 Å². The number of carbonyl (C=O) groups excluding carboxylic acids is 2. The minimum atomic E-state index is -0.215. The maximum absolute atomic E-state index is 12.6. The Kier molecular flexibility index (Phi) is 4.44. The highest BCUT2D eigenvalue weighted by Crippen LogP contribution is 2.30. The first-order valence-electron chi connectivity index (χ1n) is 9.20. The second kappa shape index (κ2) is 6.91. The van der Waals surface area contributed by atoms with Gasteiger partial charge in [-0.15, -0.1) is 0 Å². The van der Waals surface area contributed by atoms with Crippen molar-refractivity contribution in [2.24, 2.45) is 0 Å². The van der Waals surface area contributed by atoms with Gasteiger partial charge in [-0.3, -0.25) is 9.59 Å². The number of rotatable bonds is 4. The lowest BCUT2D eigenvalue weighted by atomic mass is 10.0. The molecule has 0 spiro atoms. The lowest BCUT2D eigenvalue weighted by Crippen LogP contribution is -2.23. The molecule has 27 heavy (non-hydrogen) atoms. The van der Waals surface area contributed by atoms with Crippen LogP contribution < -0.4 is 10.6 Å². The van der Waals surface area contributed by atoms with Crippen LogP contribution >= 0.6 is 0 Å². The third kappa shape index (κ3) is 3.21. The molecule has 0 saturated heterocycles. The highest BCUT2D eigenvalue weighted by molar-refractivity contribution is 6.05. The van der Waals surface area contributed by atoms with Crippen molar-refractivity contribution in [1.29, 1.82) is 0 Å². The van der Waals surface area contributed by atoms with E-state index in [9.17, 15) is 9.59 Å². The number of nitrogens with one attached hydrogen (secondary N) is 2. The summed E-state index contributed by atoms with van der Waals surface area (Å²) in [4.78, 5) is 24.8. The fourth-order valence-corrected chi connectivity index (χ4v) is 3.85. The Hall–Kier alpha value is -3.08. The van der Waals surface area contributed by atoms with Crippen LogP contribution in [-0.2, 0) is 24.1 Å². The number of amides is 2. The largest absolute Gasteiger partial charge is 0.464 e. The van der Waals surface area contributed by atoms with E-state index in [1.165, 1.54) is 17.5 Å². The number of furan rings is 1. The summed E-state index contributed by atoms with van der Waals surface area (Å²) in [6.07, 6.45) is 5.22. The van der Waals surface area contributed by atoms with Crippen molar-refractivity contribution in [2.75, 3.05) is 12.4 Å². The molecule has 1 aliphatic rings. The van der Waals surface area contributed by atoms with Crippen LogP contribution in [0.5, 0.6) is 0 Å². The van der Waals surface area contributed by atoms with E-state index in [2.05, 4.69) is 22.8 Å². The summed E-state index contributed by atoms with van der Waals surface area (Å²) < 4.78 is 5.68. The highest BCUT2D eigenvalue weighted by atomic mass is 16.3. The summed E-state index contributed by atoms with van der Waals surface area (Å²) in [5.41, 5.74) is 6.23. The Morgan fingerprint density at radius 3 is 2.70 bits per heavy atom. The Labute approximate surface area is 157 Å². The fraction of sp³-hybridized carbons (Fsp3) is 0.273. The van der Waals surface area contributed by atoms with Gasteiger partial charge in [-0.2, -0.15) is 0 Å². The third-order valence-electron chi connectivity index (χ3n) is 5.22. The van der Waals surface area contributed by atoms with Gasteiger partial charge in [0.25, 0.3) is 5.91 Å². The molecule has 0 aliphatic heterocycles. The molecule has 0 fully saturated rings. The molecule has 3 aromatic rings. The van der Waals surface area contributed by atoms with Crippen molar-refractivity contribution in [2.45, 2.75) is 32.6 Å². The summed E-state index contributed by atoms with van der Waals surface area (Å²) in [6.45, 7) is 1.85. The number of hydrogen-bond donors (Lipinski definition) is 2. The van der Waals surface area contributed by atoms with Crippen LogP contribution in [-0.4, -0.2) is 18.9 Å². The van der Waals surface area contributed by atoms with Gasteiger partial charge in [0, 0.05) is 18.0 Å². The van der Waals surface area contributed by atoms with Crippen molar-refractivity contribution < 1.29 is 14.0 Å². The summed E-state index contributed by atoms with van der Waals surface area (Å²) in [5.74, 6) is -0.387. The van der Waals surface area contributed by atoms with E-state index < -0.39 is 0 Å². The number of hydrogen-bond acceptors (Lipinski definition) is 3. The van der Waals surface area contributed by atoms with E-state index in [0.29, 0.717) is 11.3 Å². The summed E-state index contributed by atoms with van der Waals surface area (Å²) in [5, 5.41) is 6.51. The topological polar surface area (TPSA) is 71.3 Å². The van der Waals surface area contributed by atoms with Crippen molar-refractivity contribution in [1.82, 2.24) is 5.32 Å². The molecule has 5 heteroatoms. The molecule has 1 aromatic heterocycles. The van der Waals surface area contributed by atoms with Crippen LogP contribution in [0, 0.1) is 6.92 Å². The maximum atomic E-state index is 12.6. The summed E-state index contributed by atoms with van der Waals surface area (Å²) in [7, 11) is 1.58. The van der Waals surface area contributed by atoms with Crippen LogP contribution in [0.1, 0.15) is 39.0 Å². The molecule has 0 unspecified atom stereocenters. The Morgan fingerprint density at radius 2 is 1.93 bits per heavy atom. The van der Waals surface area contributed by atoms with E-state index >= 15 is 0 Å². The lowest BCUT2D eigenvalue weighted by Gasteiger charge is -2.12. The monoisotopic (exact) mass is 362 g/mol. The lowest BCUT2D eigenvalue weighted by molar-refractivity contribution is -0.115. The second-order valence-electron chi connectivity index (χ2n) is 7.03. The minimum Gasteiger partial charge on any atom is -0.464 e. The number of aryl methyl sites for hydroxylation is 3. The van der Waals surface area contributed by atoms with E-state index in [1.54, 1.807) is 19.4 Å². The Morgan fingerprint density at radius 1 is 1.15 bits per heavy atom. The molecule has 0 saturated carbocycles. The zero-order valence-electron chi connectivity index (χ0n) is 15.5. The van der Waals surface area contributed by atoms with Gasteiger partial charge in [-0.25, -0.2) is 0 Å². The molecule has 0 radical (unpaired) electrons. The minimum absolute atomic E-state index is 0.172. The number of fused-ring (bicyclic) bond motifs is 2. The van der Waals surface area contributed by atoms with Crippen LogP contribution in [0.4, 0.5) is 5.69 Å². The first-order valence-corrected chi connectivity index (χ1v) is 9.20. The average molecular weight is 362 g/mol. The van der Waals surface area contributed by atoms with Gasteiger partial charge < -0.3 is 15.1 Å². The van der Waals surface area contributed by atoms with E-state index in [1.807, 2.05) is 19.1 Å². The number of benzene rings is 2. The van der Waals surface area contributed by atoms with E-state index in [-0.39, 0.29) is 18.2 Å². The highest BCUT2D eigenvalue weighted by Gasteiger charge is 2.18. The Bertz CT molecular complexity index is 1050. The SMILES string of the molecule is CNC(=O)c1c(C)cccc1NC(=O)Cc1coc2cc3c(cc12)CCC3. The Balaban J connectivity index is 1.58. The predicted molar refractivity (Wildman–Crippen MR) is 105 cm³/mol. The summed E-state index contributed by atoms with van der Waals surface area (Å²) >= 11 is 0. The van der Waals surface area contributed by atoms with Gasteiger partial charge in [0.2, 0.25) is 5.91 Å². The van der Waals surface area contributed by atoms with Gasteiger partial charge in [0.1, 0.15) is 5.58 Å². The second-order valence-corrected chi connectivity index (χ2v) is 7.03. The molecule has 1 heterocycles. The normalized spacial score (nSPS) is 12.8. The van der Waals surface area contributed by atoms with Crippen LogP contribution in [0.3, 0.4) is 0 Å². The molecule has 5 nitrogen and oxygen atoms in total. The molecule has 4 rings (SSSR count). The third-order valence-corrected chi connectivity index (χ3v) is 5.22. The maximum Gasteiger partial charge on any atom is 0.253 e. The zero-order valence-corrected chi connectivity index (χ0v) is 15.5. The summed E-state index contributed by atoms with van der Waals surface area (Å²) in [6, 6.07) is 9.68. The van der Waals surface area contributed by atoms with Crippen molar-refractivity contribution in [3.8, 4) is 0 Å². The first-order chi connectivity index (χ1) is 13.1. The van der Waals surface area contributed by atoms with Crippen molar-refractivity contribution in [3.05, 3.63) is 64.4 Å². The van der Waals surface area contributed by atoms with Gasteiger partial charge in [-0.05, 0) is 61.1 Å². The molecule has 0 bridgehead atoms. The van der Waals surface area contributed by atoms with Crippen molar-refractivity contribution >= 4 is 28.5 Å².